The number of carbonyl (C=O) groups is 2. The standard InChI is InChI=1S/C18H18N6O2/c1-2-4-17(25)22-14-5-3-6-15(10-14)23-18(26)13-7-8-19-16(9-13)24-11-20-21-12-24/h3,5-12H,2,4H2,1H3,(H,22,25)(H,23,26). The molecule has 8 nitrogen and oxygen atoms in total. The van der Waals surface area contributed by atoms with Gasteiger partial charge >= 0.3 is 0 Å². The molecule has 3 aromatic rings. The van der Waals surface area contributed by atoms with E-state index >= 15 is 0 Å². The number of hydrogen-bond donors (Lipinski definition) is 2. The summed E-state index contributed by atoms with van der Waals surface area (Å²) < 4.78 is 1.61. The lowest BCUT2D eigenvalue weighted by Gasteiger charge is -2.09. The Labute approximate surface area is 150 Å². The number of rotatable bonds is 6. The van der Waals surface area contributed by atoms with E-state index in [9.17, 15) is 9.59 Å². The van der Waals surface area contributed by atoms with Gasteiger partial charge in [0.25, 0.3) is 5.91 Å². The van der Waals surface area contributed by atoms with E-state index in [1.165, 1.54) is 12.7 Å². The van der Waals surface area contributed by atoms with E-state index in [0.29, 0.717) is 29.2 Å². The van der Waals surface area contributed by atoms with Crippen LogP contribution in [0.25, 0.3) is 5.82 Å². The van der Waals surface area contributed by atoms with E-state index in [4.69, 9.17) is 0 Å². The molecule has 1 aromatic carbocycles. The number of aromatic nitrogens is 4. The summed E-state index contributed by atoms with van der Waals surface area (Å²) in [5.74, 6) is 0.214. The number of pyridine rings is 1. The highest BCUT2D eigenvalue weighted by Gasteiger charge is 2.09. The molecule has 8 heteroatoms. The van der Waals surface area contributed by atoms with Crippen LogP contribution in [0.15, 0.2) is 55.2 Å². The molecule has 0 aliphatic carbocycles. The van der Waals surface area contributed by atoms with Crippen LogP contribution in [0.2, 0.25) is 0 Å². The summed E-state index contributed by atoms with van der Waals surface area (Å²) in [6.07, 6.45) is 5.79. The molecule has 0 saturated heterocycles. The summed E-state index contributed by atoms with van der Waals surface area (Å²) in [5, 5.41) is 13.1. The monoisotopic (exact) mass is 350 g/mol. The van der Waals surface area contributed by atoms with Gasteiger partial charge in [0.2, 0.25) is 5.91 Å². The number of amides is 2. The smallest absolute Gasteiger partial charge is 0.255 e. The molecule has 132 valence electrons. The van der Waals surface area contributed by atoms with E-state index in [1.54, 1.807) is 47.2 Å². The summed E-state index contributed by atoms with van der Waals surface area (Å²) in [7, 11) is 0. The van der Waals surface area contributed by atoms with Crippen molar-refractivity contribution in [3.63, 3.8) is 0 Å². The first kappa shape index (κ1) is 17.3. The number of anilines is 2. The van der Waals surface area contributed by atoms with Crippen LogP contribution in [0.1, 0.15) is 30.1 Å². The molecule has 2 heterocycles. The predicted octanol–water partition coefficient (Wildman–Crippen LogP) is 2.65. The molecule has 0 bridgehead atoms. The topological polar surface area (TPSA) is 102 Å². The van der Waals surface area contributed by atoms with Gasteiger partial charge in [0.1, 0.15) is 18.5 Å². The van der Waals surface area contributed by atoms with Crippen LogP contribution in [0.3, 0.4) is 0 Å². The third-order valence-corrected chi connectivity index (χ3v) is 3.57. The molecular weight excluding hydrogens is 332 g/mol. The van der Waals surface area contributed by atoms with Crippen LogP contribution in [-0.2, 0) is 4.79 Å². The summed E-state index contributed by atoms with van der Waals surface area (Å²) in [6, 6.07) is 10.3. The predicted molar refractivity (Wildman–Crippen MR) is 97.1 cm³/mol. The zero-order chi connectivity index (χ0) is 18.4. The minimum absolute atomic E-state index is 0.0521. The fourth-order valence-electron chi connectivity index (χ4n) is 2.35. The quantitative estimate of drug-likeness (QED) is 0.711. The van der Waals surface area contributed by atoms with Gasteiger partial charge in [-0.3, -0.25) is 14.2 Å². The summed E-state index contributed by atoms with van der Waals surface area (Å²) in [5.41, 5.74) is 1.68. The maximum atomic E-state index is 12.5. The van der Waals surface area contributed by atoms with Gasteiger partial charge in [-0.15, -0.1) is 10.2 Å². The van der Waals surface area contributed by atoms with Crippen molar-refractivity contribution < 1.29 is 9.59 Å². The molecule has 0 aliphatic heterocycles. The van der Waals surface area contributed by atoms with Gasteiger partial charge in [0, 0.05) is 29.6 Å². The lowest BCUT2D eigenvalue weighted by molar-refractivity contribution is -0.116. The molecule has 0 saturated carbocycles. The lowest BCUT2D eigenvalue weighted by Crippen LogP contribution is -2.14. The van der Waals surface area contributed by atoms with Crippen molar-refractivity contribution in [3.8, 4) is 5.82 Å². The Kier molecular flexibility index (Phi) is 5.33. The zero-order valence-corrected chi connectivity index (χ0v) is 14.2. The molecule has 0 atom stereocenters. The Bertz CT molecular complexity index is 908. The Morgan fingerprint density at radius 1 is 1.04 bits per heavy atom. The molecule has 0 aliphatic rings. The van der Waals surface area contributed by atoms with Gasteiger partial charge in [-0.2, -0.15) is 0 Å². The summed E-state index contributed by atoms with van der Waals surface area (Å²) in [6.45, 7) is 1.94. The van der Waals surface area contributed by atoms with Crippen molar-refractivity contribution >= 4 is 23.2 Å². The Balaban J connectivity index is 1.72. The number of hydrogen-bond acceptors (Lipinski definition) is 5. The minimum atomic E-state index is -0.279. The lowest BCUT2D eigenvalue weighted by atomic mass is 10.2. The maximum absolute atomic E-state index is 12.5. The Morgan fingerprint density at radius 2 is 1.77 bits per heavy atom. The molecule has 0 unspecified atom stereocenters. The average Bonchev–Trinajstić information content (AvgIpc) is 3.17. The van der Waals surface area contributed by atoms with Gasteiger partial charge in [0.15, 0.2) is 0 Å². The largest absolute Gasteiger partial charge is 0.326 e. The van der Waals surface area contributed by atoms with Gasteiger partial charge in [-0.05, 0) is 36.8 Å². The average molecular weight is 350 g/mol. The van der Waals surface area contributed by atoms with Gasteiger partial charge in [-0.1, -0.05) is 13.0 Å². The first-order valence-electron chi connectivity index (χ1n) is 8.18. The number of benzene rings is 1. The summed E-state index contributed by atoms with van der Waals surface area (Å²) >= 11 is 0. The fraction of sp³-hybridized carbons (Fsp3) is 0.167. The number of nitrogens with zero attached hydrogens (tertiary/aromatic N) is 4. The fourth-order valence-corrected chi connectivity index (χ4v) is 2.35. The van der Waals surface area contributed by atoms with E-state index in [-0.39, 0.29) is 11.8 Å². The van der Waals surface area contributed by atoms with E-state index in [0.717, 1.165) is 6.42 Å². The van der Waals surface area contributed by atoms with E-state index in [2.05, 4.69) is 25.8 Å². The van der Waals surface area contributed by atoms with Gasteiger partial charge in [-0.25, -0.2) is 4.98 Å². The summed E-state index contributed by atoms with van der Waals surface area (Å²) in [4.78, 5) is 28.4. The second-order valence-electron chi connectivity index (χ2n) is 5.60. The minimum Gasteiger partial charge on any atom is -0.326 e. The first-order chi connectivity index (χ1) is 12.7. The van der Waals surface area contributed by atoms with Crippen LogP contribution in [-0.4, -0.2) is 31.6 Å². The normalized spacial score (nSPS) is 10.3. The van der Waals surface area contributed by atoms with Crippen LogP contribution in [0.5, 0.6) is 0 Å². The first-order valence-corrected chi connectivity index (χ1v) is 8.18. The van der Waals surface area contributed by atoms with Crippen molar-refractivity contribution in [2.24, 2.45) is 0 Å². The van der Waals surface area contributed by atoms with Crippen LogP contribution >= 0.6 is 0 Å². The molecule has 3 rings (SSSR count). The molecule has 0 spiro atoms. The van der Waals surface area contributed by atoms with Crippen LogP contribution in [0.4, 0.5) is 11.4 Å². The van der Waals surface area contributed by atoms with Gasteiger partial charge < -0.3 is 10.6 Å². The molecular formula is C18H18N6O2. The van der Waals surface area contributed by atoms with Crippen molar-refractivity contribution in [2.45, 2.75) is 19.8 Å². The highest BCUT2D eigenvalue weighted by Crippen LogP contribution is 2.17. The Morgan fingerprint density at radius 3 is 2.50 bits per heavy atom. The van der Waals surface area contributed by atoms with Crippen LogP contribution < -0.4 is 10.6 Å². The second-order valence-corrected chi connectivity index (χ2v) is 5.60. The third-order valence-electron chi connectivity index (χ3n) is 3.57. The SMILES string of the molecule is CCCC(=O)Nc1cccc(NC(=O)c2ccnc(-n3cnnc3)c2)c1. The number of carbonyl (C=O) groups excluding carboxylic acids is 2. The van der Waals surface area contributed by atoms with Gasteiger partial charge in [0.05, 0.1) is 0 Å². The van der Waals surface area contributed by atoms with E-state index in [1.807, 2.05) is 6.92 Å². The Hall–Kier alpha value is -3.55. The highest BCUT2D eigenvalue weighted by molar-refractivity contribution is 6.04. The molecule has 2 N–H and O–H groups in total. The molecule has 0 radical (unpaired) electrons. The number of nitrogens with one attached hydrogen (secondary N) is 2. The maximum Gasteiger partial charge on any atom is 0.255 e. The van der Waals surface area contributed by atoms with Crippen molar-refractivity contribution in [2.75, 3.05) is 10.6 Å². The van der Waals surface area contributed by atoms with Crippen LogP contribution in [0, 0.1) is 0 Å². The molecule has 2 amide bonds. The van der Waals surface area contributed by atoms with Crippen molar-refractivity contribution in [1.82, 2.24) is 19.7 Å². The molecule has 26 heavy (non-hydrogen) atoms. The highest BCUT2D eigenvalue weighted by atomic mass is 16.2. The van der Waals surface area contributed by atoms with Crippen molar-refractivity contribution in [3.05, 3.63) is 60.8 Å². The third kappa shape index (κ3) is 4.29. The van der Waals surface area contributed by atoms with E-state index < -0.39 is 0 Å². The zero-order valence-electron chi connectivity index (χ0n) is 14.2. The van der Waals surface area contributed by atoms with Crippen molar-refractivity contribution in [1.29, 1.82) is 0 Å². The molecule has 2 aromatic heterocycles. The molecule has 0 fully saturated rings. The second kappa shape index (κ2) is 8.02.